The largest absolute Gasteiger partial charge is 0.468 e. The quantitative estimate of drug-likeness (QED) is 0.621. The van der Waals surface area contributed by atoms with Crippen molar-refractivity contribution in [3.8, 4) is 0 Å². The average Bonchev–Trinajstić information content (AvgIpc) is 2.29. The summed E-state index contributed by atoms with van der Waals surface area (Å²) in [4.78, 5) is 31.6. The minimum atomic E-state index is -1.28. The molecule has 7 heteroatoms. The van der Waals surface area contributed by atoms with Crippen LogP contribution >= 0.6 is 15.9 Å². The normalized spacial score (nSPS) is 12.7. The molecule has 19 heavy (non-hydrogen) atoms. The van der Waals surface area contributed by atoms with Crippen molar-refractivity contribution in [1.82, 2.24) is 9.97 Å². The number of rotatable bonds is 3. The molecule has 0 unspecified atom stereocenters. The molecule has 0 spiro atoms. The van der Waals surface area contributed by atoms with Gasteiger partial charge in [0.25, 0.3) is 0 Å². The van der Waals surface area contributed by atoms with Crippen LogP contribution < -0.4 is 0 Å². The predicted molar refractivity (Wildman–Crippen MR) is 70.3 cm³/mol. The van der Waals surface area contributed by atoms with Crippen LogP contribution in [0.3, 0.4) is 0 Å². The van der Waals surface area contributed by atoms with Crippen LogP contribution in [0.2, 0.25) is 0 Å². The van der Waals surface area contributed by atoms with E-state index in [1.165, 1.54) is 19.5 Å². The van der Waals surface area contributed by atoms with Crippen molar-refractivity contribution in [2.75, 3.05) is 7.11 Å². The summed E-state index contributed by atoms with van der Waals surface area (Å²) in [7, 11) is 1.19. The summed E-state index contributed by atoms with van der Waals surface area (Å²) < 4.78 is 10.4. The molecule has 1 aromatic rings. The average molecular weight is 331 g/mol. The highest BCUT2D eigenvalue weighted by atomic mass is 79.9. The molecule has 0 aromatic carbocycles. The number of halogens is 1. The Balaban J connectivity index is 3.05. The van der Waals surface area contributed by atoms with Crippen molar-refractivity contribution in [3.05, 3.63) is 22.7 Å². The van der Waals surface area contributed by atoms with Gasteiger partial charge in [-0.05, 0) is 36.7 Å². The van der Waals surface area contributed by atoms with Gasteiger partial charge in [0.2, 0.25) is 5.92 Å². The molecule has 0 radical (unpaired) electrons. The van der Waals surface area contributed by atoms with E-state index in [1.54, 1.807) is 20.8 Å². The number of aromatic nitrogens is 2. The Bertz CT molecular complexity index is 468. The summed E-state index contributed by atoms with van der Waals surface area (Å²) in [6.07, 6.45) is 2.89. The number of carbonyl (C=O) groups excluding carboxylic acids is 2. The maximum absolute atomic E-state index is 12.0. The van der Waals surface area contributed by atoms with Crippen LogP contribution in [0.25, 0.3) is 0 Å². The SMILES string of the molecule is COC(=O)[C@H](C(=O)OC(C)(C)C)c1ncc(Br)cn1. The molecule has 1 aromatic heterocycles. The highest BCUT2D eigenvalue weighted by Gasteiger charge is 2.36. The molecule has 1 atom stereocenters. The van der Waals surface area contributed by atoms with Gasteiger partial charge in [-0.3, -0.25) is 9.59 Å². The monoisotopic (exact) mass is 330 g/mol. The van der Waals surface area contributed by atoms with Gasteiger partial charge in [-0.1, -0.05) is 0 Å². The van der Waals surface area contributed by atoms with Gasteiger partial charge in [0, 0.05) is 12.4 Å². The van der Waals surface area contributed by atoms with Crippen molar-refractivity contribution < 1.29 is 19.1 Å². The van der Waals surface area contributed by atoms with E-state index >= 15 is 0 Å². The predicted octanol–water partition coefficient (Wildman–Crippen LogP) is 1.84. The molecule has 0 aliphatic rings. The summed E-state index contributed by atoms with van der Waals surface area (Å²) in [5, 5.41) is 0. The minimum absolute atomic E-state index is 0.0456. The third-order valence-corrected chi connectivity index (χ3v) is 2.39. The molecular formula is C12H15BrN2O4. The molecular weight excluding hydrogens is 316 g/mol. The van der Waals surface area contributed by atoms with E-state index in [0.717, 1.165) is 0 Å². The van der Waals surface area contributed by atoms with Crippen LogP contribution in [0.5, 0.6) is 0 Å². The van der Waals surface area contributed by atoms with Crippen molar-refractivity contribution in [1.29, 1.82) is 0 Å². The van der Waals surface area contributed by atoms with Crippen LogP contribution in [-0.2, 0) is 19.1 Å². The number of hydrogen-bond donors (Lipinski definition) is 0. The first-order valence-electron chi connectivity index (χ1n) is 5.52. The molecule has 0 bridgehead atoms. The summed E-state index contributed by atoms with van der Waals surface area (Å²) in [5.41, 5.74) is -0.710. The smallest absolute Gasteiger partial charge is 0.328 e. The van der Waals surface area contributed by atoms with Crippen molar-refractivity contribution in [3.63, 3.8) is 0 Å². The molecule has 0 amide bonds. The molecule has 0 aliphatic heterocycles. The molecule has 0 saturated carbocycles. The number of methoxy groups -OCH3 is 1. The molecule has 0 aliphatic carbocycles. The van der Waals surface area contributed by atoms with Gasteiger partial charge in [-0.15, -0.1) is 0 Å². The van der Waals surface area contributed by atoms with Gasteiger partial charge < -0.3 is 9.47 Å². The highest BCUT2D eigenvalue weighted by molar-refractivity contribution is 9.10. The van der Waals surface area contributed by atoms with Crippen molar-refractivity contribution >= 4 is 27.9 Å². The number of nitrogens with zero attached hydrogens (tertiary/aromatic N) is 2. The fourth-order valence-corrected chi connectivity index (χ4v) is 1.46. The zero-order valence-corrected chi connectivity index (χ0v) is 12.7. The number of hydrogen-bond acceptors (Lipinski definition) is 6. The molecule has 6 nitrogen and oxygen atoms in total. The first-order chi connectivity index (χ1) is 8.74. The third-order valence-electron chi connectivity index (χ3n) is 1.98. The zero-order chi connectivity index (χ0) is 14.6. The molecule has 1 heterocycles. The van der Waals surface area contributed by atoms with E-state index in [0.29, 0.717) is 4.47 Å². The second-order valence-corrected chi connectivity index (χ2v) is 5.66. The lowest BCUT2D eigenvalue weighted by Crippen LogP contribution is -2.33. The summed E-state index contributed by atoms with van der Waals surface area (Å²) >= 11 is 3.18. The molecule has 0 fully saturated rings. The van der Waals surface area contributed by atoms with Gasteiger partial charge in [0.1, 0.15) is 5.60 Å². The third kappa shape index (κ3) is 4.59. The van der Waals surface area contributed by atoms with Gasteiger partial charge >= 0.3 is 11.9 Å². The lowest BCUT2D eigenvalue weighted by molar-refractivity contribution is -0.163. The van der Waals surface area contributed by atoms with Gasteiger partial charge in [-0.25, -0.2) is 9.97 Å². The second-order valence-electron chi connectivity index (χ2n) is 4.75. The van der Waals surface area contributed by atoms with E-state index in [4.69, 9.17) is 4.74 Å². The lowest BCUT2D eigenvalue weighted by atomic mass is 10.1. The summed E-state index contributed by atoms with van der Waals surface area (Å²) in [5.74, 6) is -2.72. The Kier molecular flexibility index (Phi) is 4.99. The fraction of sp³-hybridized carbons (Fsp3) is 0.500. The van der Waals surface area contributed by atoms with Crippen LogP contribution in [0.15, 0.2) is 16.9 Å². The van der Waals surface area contributed by atoms with E-state index in [-0.39, 0.29) is 5.82 Å². The zero-order valence-electron chi connectivity index (χ0n) is 11.1. The Labute approximate surface area is 119 Å². The number of esters is 2. The molecule has 0 N–H and O–H groups in total. The Morgan fingerprint density at radius 3 is 2.16 bits per heavy atom. The van der Waals surface area contributed by atoms with Crippen LogP contribution in [0, 0.1) is 0 Å². The second kappa shape index (κ2) is 6.10. The van der Waals surface area contributed by atoms with E-state index in [9.17, 15) is 9.59 Å². The topological polar surface area (TPSA) is 78.4 Å². The molecule has 104 valence electrons. The first kappa shape index (κ1) is 15.6. The standard InChI is InChI=1S/C12H15BrN2O4/c1-12(2,3)19-11(17)8(10(16)18-4)9-14-5-7(13)6-15-9/h5-6,8H,1-4H3/t8-/m1/s1. The van der Waals surface area contributed by atoms with E-state index in [1.807, 2.05) is 0 Å². The van der Waals surface area contributed by atoms with Gasteiger partial charge in [-0.2, -0.15) is 0 Å². The van der Waals surface area contributed by atoms with E-state index in [2.05, 4.69) is 30.6 Å². The highest BCUT2D eigenvalue weighted by Crippen LogP contribution is 2.20. The van der Waals surface area contributed by atoms with Gasteiger partial charge in [0.05, 0.1) is 11.6 Å². The van der Waals surface area contributed by atoms with Gasteiger partial charge in [0.15, 0.2) is 5.82 Å². The fourth-order valence-electron chi connectivity index (χ4n) is 1.26. The van der Waals surface area contributed by atoms with Crippen molar-refractivity contribution in [2.45, 2.75) is 32.3 Å². The first-order valence-corrected chi connectivity index (χ1v) is 6.32. The Hall–Kier alpha value is -1.50. The number of ether oxygens (including phenoxy) is 2. The Morgan fingerprint density at radius 1 is 1.21 bits per heavy atom. The van der Waals surface area contributed by atoms with Crippen LogP contribution in [0.1, 0.15) is 32.5 Å². The maximum Gasteiger partial charge on any atom is 0.328 e. The molecule has 1 rings (SSSR count). The van der Waals surface area contributed by atoms with E-state index < -0.39 is 23.5 Å². The minimum Gasteiger partial charge on any atom is -0.468 e. The summed E-state index contributed by atoms with van der Waals surface area (Å²) in [6, 6.07) is 0. The number of carbonyl (C=O) groups is 2. The maximum atomic E-state index is 12.0. The van der Waals surface area contributed by atoms with Crippen LogP contribution in [-0.4, -0.2) is 34.6 Å². The Morgan fingerprint density at radius 2 is 1.74 bits per heavy atom. The van der Waals surface area contributed by atoms with Crippen molar-refractivity contribution in [2.24, 2.45) is 0 Å². The lowest BCUT2D eigenvalue weighted by Gasteiger charge is -2.22. The van der Waals surface area contributed by atoms with Crippen LogP contribution in [0.4, 0.5) is 0 Å². The summed E-state index contributed by atoms with van der Waals surface area (Å²) in [6.45, 7) is 5.13. The molecule has 0 saturated heterocycles.